The molecule has 3 aromatic rings. The highest BCUT2D eigenvalue weighted by Gasteiger charge is 2.51. The molecule has 8 rings (SSSR count). The largest absolute Gasteiger partial charge is 0.318 e. The molecule has 1 aliphatic heterocycles. The highest BCUT2D eigenvalue weighted by atomic mass is 79.9. The number of aryl methyl sites for hydroxylation is 2. The summed E-state index contributed by atoms with van der Waals surface area (Å²) in [6.07, 6.45) is 10.1. The molecule has 1 N–H and O–H groups in total. The van der Waals surface area contributed by atoms with Crippen LogP contribution in [0.5, 0.6) is 0 Å². The van der Waals surface area contributed by atoms with E-state index in [9.17, 15) is 9.59 Å². The Kier molecular flexibility index (Phi) is 6.40. The molecule has 0 unspecified atom stereocenters. The maximum Gasteiger partial charge on any atom is 0.270 e. The number of benzene rings is 2. The summed E-state index contributed by atoms with van der Waals surface area (Å²) in [6, 6.07) is 16.9. The lowest BCUT2D eigenvalue weighted by atomic mass is 9.48. The lowest BCUT2D eigenvalue weighted by molar-refractivity contribution is -0.122. The summed E-state index contributed by atoms with van der Waals surface area (Å²) in [5, 5.41) is 2.80. The Morgan fingerprint density at radius 3 is 2.17 bits per heavy atom. The molecule has 2 amide bonds. The van der Waals surface area contributed by atoms with E-state index in [1.54, 1.807) is 6.08 Å². The average Bonchev–Trinajstić information content (AvgIpc) is 3.19. The van der Waals surface area contributed by atoms with Gasteiger partial charge in [0.15, 0.2) is 5.11 Å². The number of rotatable bonds is 4. The van der Waals surface area contributed by atoms with E-state index in [1.807, 2.05) is 38.1 Å². The summed E-state index contributed by atoms with van der Waals surface area (Å²) in [4.78, 5) is 28.0. The molecule has 5 fully saturated rings. The van der Waals surface area contributed by atoms with Crippen molar-refractivity contribution in [1.82, 2.24) is 9.88 Å². The minimum atomic E-state index is -0.476. The number of nitrogens with one attached hydrogen (secondary N) is 1. The summed E-state index contributed by atoms with van der Waals surface area (Å²) in [5.41, 5.74) is 7.45. The van der Waals surface area contributed by atoms with E-state index < -0.39 is 11.8 Å². The van der Waals surface area contributed by atoms with Gasteiger partial charge in [-0.15, -0.1) is 0 Å². The van der Waals surface area contributed by atoms with Gasteiger partial charge in [-0.1, -0.05) is 28.1 Å². The third kappa shape index (κ3) is 4.43. The Morgan fingerprint density at radius 2 is 1.56 bits per heavy atom. The van der Waals surface area contributed by atoms with Crippen LogP contribution in [0.25, 0.3) is 11.8 Å². The van der Waals surface area contributed by atoms with Crippen LogP contribution in [0.1, 0.15) is 66.6 Å². The molecule has 41 heavy (non-hydrogen) atoms. The maximum absolute atomic E-state index is 13.7. The standard InChI is InChI=1S/C34H34BrN3O2S/c1-19-10-27(35)6-9-30(19)38-32(40)29(31(39)36-33(38)41)15-25-11-20(2)37(21(25)3)28-7-4-26(5-8-28)34-16-22-12-23(17-34)14-24(13-22)18-34/h4-11,15,22-24H,12-14,16-18H2,1-3H3,(H,36,39,41)/b29-15+. The molecule has 4 saturated carbocycles. The third-order valence-electron chi connectivity index (χ3n) is 10.0. The van der Waals surface area contributed by atoms with Crippen molar-refractivity contribution in [3.63, 3.8) is 0 Å². The number of halogens is 1. The molecule has 1 saturated heterocycles. The highest BCUT2D eigenvalue weighted by Crippen LogP contribution is 2.60. The molecule has 4 bridgehead atoms. The van der Waals surface area contributed by atoms with Crippen LogP contribution in [-0.2, 0) is 15.0 Å². The quantitative estimate of drug-likeness (QED) is 0.185. The van der Waals surface area contributed by atoms with Gasteiger partial charge < -0.3 is 4.57 Å². The first-order valence-corrected chi connectivity index (χ1v) is 15.8. The van der Waals surface area contributed by atoms with E-state index >= 15 is 0 Å². The minimum absolute atomic E-state index is 0.0679. The Hall–Kier alpha value is -3.03. The molecule has 5 nitrogen and oxygen atoms in total. The predicted octanol–water partition coefficient (Wildman–Crippen LogP) is 7.46. The zero-order valence-corrected chi connectivity index (χ0v) is 26.1. The van der Waals surface area contributed by atoms with Gasteiger partial charge in [-0.25, -0.2) is 0 Å². The van der Waals surface area contributed by atoms with Crippen molar-refractivity contribution in [3.8, 4) is 5.69 Å². The summed E-state index contributed by atoms with van der Waals surface area (Å²) >= 11 is 8.88. The van der Waals surface area contributed by atoms with Crippen LogP contribution in [0.2, 0.25) is 0 Å². The van der Waals surface area contributed by atoms with Gasteiger partial charge in [-0.2, -0.15) is 0 Å². The average molecular weight is 629 g/mol. The van der Waals surface area contributed by atoms with Gasteiger partial charge in [-0.05, 0) is 154 Å². The summed E-state index contributed by atoms with van der Waals surface area (Å²) in [5.74, 6) is 1.86. The van der Waals surface area contributed by atoms with Crippen LogP contribution in [0.4, 0.5) is 5.69 Å². The summed E-state index contributed by atoms with van der Waals surface area (Å²) in [7, 11) is 0. The fourth-order valence-electron chi connectivity index (χ4n) is 8.66. The van der Waals surface area contributed by atoms with Gasteiger partial charge in [0.1, 0.15) is 5.57 Å². The van der Waals surface area contributed by atoms with Crippen molar-refractivity contribution in [1.29, 1.82) is 0 Å². The Labute approximate surface area is 255 Å². The molecule has 5 aliphatic rings. The number of carbonyl (C=O) groups is 2. The van der Waals surface area contributed by atoms with Gasteiger partial charge in [0.05, 0.1) is 5.69 Å². The Balaban J connectivity index is 1.20. The first-order valence-electron chi connectivity index (χ1n) is 14.6. The van der Waals surface area contributed by atoms with Crippen LogP contribution in [-0.4, -0.2) is 21.5 Å². The van der Waals surface area contributed by atoms with Crippen molar-refractivity contribution in [2.24, 2.45) is 17.8 Å². The van der Waals surface area contributed by atoms with Crippen LogP contribution < -0.4 is 10.2 Å². The molecule has 2 heterocycles. The zero-order chi connectivity index (χ0) is 28.6. The molecule has 2 aromatic carbocycles. The zero-order valence-electron chi connectivity index (χ0n) is 23.7. The Morgan fingerprint density at radius 1 is 0.927 bits per heavy atom. The van der Waals surface area contributed by atoms with Crippen LogP contribution >= 0.6 is 28.1 Å². The van der Waals surface area contributed by atoms with Crippen LogP contribution in [0.15, 0.2) is 58.6 Å². The van der Waals surface area contributed by atoms with Crippen LogP contribution in [0, 0.1) is 38.5 Å². The number of carbonyl (C=O) groups excluding carboxylic acids is 2. The van der Waals surface area contributed by atoms with Crippen molar-refractivity contribution >= 4 is 56.8 Å². The second kappa shape index (κ2) is 9.77. The van der Waals surface area contributed by atoms with E-state index in [4.69, 9.17) is 12.2 Å². The fraction of sp³-hybridized carbons (Fsp3) is 0.382. The molecular formula is C34H34BrN3O2S. The number of hydrogen-bond donors (Lipinski definition) is 1. The third-order valence-corrected chi connectivity index (χ3v) is 10.8. The number of nitrogens with zero attached hydrogens (tertiary/aromatic N) is 2. The van der Waals surface area contributed by atoms with Gasteiger partial charge in [0, 0.05) is 21.5 Å². The van der Waals surface area contributed by atoms with Crippen molar-refractivity contribution in [3.05, 3.63) is 86.7 Å². The second-order valence-electron chi connectivity index (χ2n) is 12.8. The van der Waals surface area contributed by atoms with E-state index in [1.165, 1.54) is 49.0 Å². The highest BCUT2D eigenvalue weighted by molar-refractivity contribution is 9.10. The monoisotopic (exact) mass is 627 g/mol. The van der Waals surface area contributed by atoms with Gasteiger partial charge in [0.2, 0.25) is 0 Å². The van der Waals surface area contributed by atoms with E-state index in [0.717, 1.165) is 50.4 Å². The van der Waals surface area contributed by atoms with Crippen molar-refractivity contribution in [2.75, 3.05) is 4.90 Å². The molecule has 0 spiro atoms. The molecule has 7 heteroatoms. The molecule has 1 aromatic heterocycles. The van der Waals surface area contributed by atoms with Crippen LogP contribution in [0.3, 0.4) is 0 Å². The molecule has 4 aliphatic carbocycles. The lowest BCUT2D eigenvalue weighted by Gasteiger charge is -2.57. The predicted molar refractivity (Wildman–Crippen MR) is 170 cm³/mol. The number of aromatic nitrogens is 1. The van der Waals surface area contributed by atoms with E-state index in [2.05, 4.69) is 57.0 Å². The van der Waals surface area contributed by atoms with Gasteiger partial charge in [-0.3, -0.25) is 19.8 Å². The fourth-order valence-corrected chi connectivity index (χ4v) is 9.41. The topological polar surface area (TPSA) is 54.3 Å². The first kappa shape index (κ1) is 26.8. The molecule has 0 radical (unpaired) electrons. The van der Waals surface area contributed by atoms with E-state index in [-0.39, 0.29) is 10.7 Å². The first-order chi connectivity index (χ1) is 19.6. The van der Waals surface area contributed by atoms with E-state index in [0.29, 0.717) is 11.1 Å². The maximum atomic E-state index is 13.7. The molecule has 0 atom stereocenters. The molecule has 210 valence electrons. The van der Waals surface area contributed by atoms with Crippen molar-refractivity contribution < 1.29 is 9.59 Å². The number of thiocarbonyl (C=S) groups is 1. The number of amides is 2. The smallest absolute Gasteiger partial charge is 0.270 e. The van der Waals surface area contributed by atoms with Crippen molar-refractivity contribution in [2.45, 2.75) is 64.7 Å². The SMILES string of the molecule is Cc1cc(Br)ccc1N1C(=O)/C(=C/c2cc(C)n(-c3ccc(C45CC6CC(CC(C6)C4)C5)cc3)c2C)C(=O)NC1=S. The minimum Gasteiger partial charge on any atom is -0.318 e. The van der Waals surface area contributed by atoms with Gasteiger partial charge in [0.25, 0.3) is 11.8 Å². The number of hydrogen-bond acceptors (Lipinski definition) is 3. The summed E-state index contributed by atoms with van der Waals surface area (Å²) in [6.45, 7) is 6.02. The Bertz CT molecular complexity index is 1620. The van der Waals surface area contributed by atoms with Gasteiger partial charge >= 0.3 is 0 Å². The second-order valence-corrected chi connectivity index (χ2v) is 14.1. The summed E-state index contributed by atoms with van der Waals surface area (Å²) < 4.78 is 3.12. The normalized spacial score (nSPS) is 28.1. The molecular weight excluding hydrogens is 594 g/mol. The lowest BCUT2D eigenvalue weighted by Crippen LogP contribution is -2.54. The number of anilines is 1.